The first-order valence-corrected chi connectivity index (χ1v) is 13.1. The lowest BCUT2D eigenvalue weighted by Crippen LogP contribution is -2.23. The van der Waals surface area contributed by atoms with Crippen LogP contribution in [0.2, 0.25) is 6.04 Å². The van der Waals surface area contributed by atoms with Gasteiger partial charge < -0.3 is 4.74 Å². The molecule has 0 aromatic carbocycles. The van der Waals surface area contributed by atoms with E-state index in [0.29, 0.717) is 6.42 Å². The Kier molecular flexibility index (Phi) is 12.6. The Labute approximate surface area is 150 Å². The van der Waals surface area contributed by atoms with Gasteiger partial charge in [0.25, 0.3) is 5.05 Å². The molecule has 132 valence electrons. The number of hydrogen-bond donors (Lipinski definition) is 0. The summed E-state index contributed by atoms with van der Waals surface area (Å²) in [4.78, 5) is 0. The van der Waals surface area contributed by atoms with Crippen LogP contribution in [-0.4, -0.2) is 23.8 Å². The second-order valence-corrected chi connectivity index (χ2v) is 14.8. The van der Waals surface area contributed by atoms with Crippen LogP contribution in [0.1, 0.15) is 57.8 Å². The molecule has 0 heterocycles. The molecule has 9 heteroatoms. The zero-order valence-electron chi connectivity index (χ0n) is 12.4. The molecule has 22 heavy (non-hydrogen) atoms. The topological polar surface area (TPSA) is 9.23 Å². The van der Waals surface area contributed by atoms with Gasteiger partial charge in [0.2, 0.25) is 0 Å². The van der Waals surface area contributed by atoms with Gasteiger partial charge in [-0.2, -0.15) is 13.2 Å². The first kappa shape index (κ1) is 22.8. The second-order valence-electron chi connectivity index (χ2n) is 5.18. The third-order valence-electron chi connectivity index (χ3n) is 3.07. The zero-order valence-corrected chi connectivity index (χ0v) is 16.4. The predicted octanol–water partition coefficient (Wildman–Crippen LogP) is 7.06. The third-order valence-corrected chi connectivity index (χ3v) is 6.04. The molecule has 0 aliphatic carbocycles. The van der Waals surface area contributed by atoms with Crippen LogP contribution in [0.4, 0.5) is 13.2 Å². The fraction of sp³-hybridized carbons (Fsp3) is 0.923. The van der Waals surface area contributed by atoms with Crippen molar-refractivity contribution in [2.75, 3.05) is 6.61 Å². The van der Waals surface area contributed by atoms with E-state index in [1.54, 1.807) is 0 Å². The SMILES string of the molecule is FC(F)(F)C(=S)OCCCCCCCCCCC[Si](Cl)(Cl)Cl. The highest BCUT2D eigenvalue weighted by Gasteiger charge is 2.36. The quantitative estimate of drug-likeness (QED) is 0.145. The summed E-state index contributed by atoms with van der Waals surface area (Å²) in [7, 11) is 0. The molecule has 0 amide bonds. The summed E-state index contributed by atoms with van der Waals surface area (Å²) >= 11 is 21.5. The van der Waals surface area contributed by atoms with Gasteiger partial charge in [0, 0.05) is 0 Å². The van der Waals surface area contributed by atoms with Gasteiger partial charge in [-0.05, 0) is 24.7 Å². The smallest absolute Gasteiger partial charge is 0.460 e. The molecule has 0 saturated carbocycles. The number of hydrogen-bond acceptors (Lipinski definition) is 2. The van der Waals surface area contributed by atoms with Crippen LogP contribution >= 0.6 is 45.5 Å². The summed E-state index contributed by atoms with van der Waals surface area (Å²) in [5.74, 6) is 0. The van der Waals surface area contributed by atoms with Crippen molar-refractivity contribution in [2.45, 2.75) is 70.0 Å². The van der Waals surface area contributed by atoms with E-state index in [1.807, 2.05) is 0 Å². The fourth-order valence-corrected chi connectivity index (χ4v) is 3.85. The van der Waals surface area contributed by atoms with E-state index in [4.69, 9.17) is 33.2 Å². The van der Waals surface area contributed by atoms with Crippen LogP contribution in [-0.2, 0) is 4.74 Å². The van der Waals surface area contributed by atoms with Gasteiger partial charge >= 0.3 is 12.2 Å². The number of ether oxygens (including phenoxy) is 1. The van der Waals surface area contributed by atoms with Gasteiger partial charge in [0.15, 0.2) is 0 Å². The summed E-state index contributed by atoms with van der Waals surface area (Å²) in [6.45, 7) is 0.0409. The van der Waals surface area contributed by atoms with Gasteiger partial charge in [-0.15, -0.1) is 33.2 Å². The molecule has 0 unspecified atom stereocenters. The minimum absolute atomic E-state index is 0.0409. The normalized spacial score (nSPS) is 12.5. The van der Waals surface area contributed by atoms with E-state index in [1.165, 1.54) is 0 Å². The Morgan fingerprint density at radius 2 is 1.23 bits per heavy atom. The Bertz CT molecular complexity index is 312. The monoisotopic (exact) mass is 416 g/mol. The van der Waals surface area contributed by atoms with Crippen LogP contribution in [0, 0.1) is 0 Å². The lowest BCUT2D eigenvalue weighted by molar-refractivity contribution is -0.0746. The molecule has 0 radical (unpaired) electrons. The molecule has 0 aliphatic heterocycles. The number of thiocarbonyl (C=S) groups is 1. The lowest BCUT2D eigenvalue weighted by Gasteiger charge is -2.09. The molecule has 0 N–H and O–H groups in total. The van der Waals surface area contributed by atoms with Crippen molar-refractivity contribution < 1.29 is 17.9 Å². The van der Waals surface area contributed by atoms with Gasteiger partial charge in [0.05, 0.1) is 6.61 Å². The number of alkyl halides is 3. The van der Waals surface area contributed by atoms with E-state index in [2.05, 4.69) is 17.0 Å². The maximum Gasteiger partial charge on any atom is 0.460 e. The van der Waals surface area contributed by atoms with Crippen molar-refractivity contribution in [3.63, 3.8) is 0 Å². The minimum atomic E-state index is -4.52. The van der Waals surface area contributed by atoms with Crippen molar-refractivity contribution >= 4 is 56.5 Å². The first-order chi connectivity index (χ1) is 10.1. The highest BCUT2D eigenvalue weighted by Crippen LogP contribution is 2.27. The molecule has 0 atom stereocenters. The highest BCUT2D eigenvalue weighted by atomic mass is 35.8. The molecular weight excluding hydrogens is 396 g/mol. The average molecular weight is 418 g/mol. The Morgan fingerprint density at radius 1 is 0.818 bits per heavy atom. The van der Waals surface area contributed by atoms with Gasteiger partial charge in [-0.3, -0.25) is 0 Å². The molecule has 0 aromatic rings. The van der Waals surface area contributed by atoms with Gasteiger partial charge in [-0.25, -0.2) is 0 Å². The number of halogens is 6. The van der Waals surface area contributed by atoms with Crippen LogP contribution in [0.25, 0.3) is 0 Å². The molecular formula is C13H22Cl3F3OSSi. The third kappa shape index (κ3) is 15.7. The van der Waals surface area contributed by atoms with Crippen molar-refractivity contribution in [3.8, 4) is 0 Å². The molecule has 1 nitrogen and oxygen atoms in total. The van der Waals surface area contributed by atoms with Crippen LogP contribution < -0.4 is 0 Å². The highest BCUT2D eigenvalue weighted by molar-refractivity contribution is 7.80. The summed E-state index contributed by atoms with van der Waals surface area (Å²) in [5, 5.41) is -1.27. The maximum atomic E-state index is 12.0. The van der Waals surface area contributed by atoms with Crippen molar-refractivity contribution in [3.05, 3.63) is 0 Å². The Balaban J connectivity index is 3.23. The van der Waals surface area contributed by atoms with Gasteiger partial charge in [0.1, 0.15) is 0 Å². The minimum Gasteiger partial charge on any atom is -0.480 e. The van der Waals surface area contributed by atoms with Crippen molar-refractivity contribution in [2.24, 2.45) is 0 Å². The van der Waals surface area contributed by atoms with Crippen LogP contribution in [0.3, 0.4) is 0 Å². The summed E-state index contributed by atoms with van der Waals surface area (Å²) < 4.78 is 40.6. The Morgan fingerprint density at radius 3 is 1.64 bits per heavy atom. The molecule has 0 fully saturated rings. The average Bonchev–Trinajstić information content (AvgIpc) is 2.37. The Hall–Kier alpha value is 0.767. The molecule has 0 aliphatic rings. The first-order valence-electron chi connectivity index (χ1n) is 7.43. The molecule has 0 spiro atoms. The van der Waals surface area contributed by atoms with E-state index in [-0.39, 0.29) is 6.61 Å². The predicted molar refractivity (Wildman–Crippen MR) is 94.3 cm³/mol. The summed E-state index contributed by atoms with van der Waals surface area (Å²) in [6, 6.07) is -1.73. The van der Waals surface area contributed by atoms with Crippen molar-refractivity contribution in [1.29, 1.82) is 0 Å². The summed E-state index contributed by atoms with van der Waals surface area (Å²) in [5.41, 5.74) is 0. The lowest BCUT2D eigenvalue weighted by atomic mass is 10.1. The van der Waals surface area contributed by atoms with E-state index in [9.17, 15) is 13.2 Å². The van der Waals surface area contributed by atoms with Gasteiger partial charge in [-0.1, -0.05) is 51.4 Å². The van der Waals surface area contributed by atoms with E-state index >= 15 is 0 Å². The van der Waals surface area contributed by atoms with E-state index in [0.717, 1.165) is 57.4 Å². The van der Waals surface area contributed by atoms with Crippen LogP contribution in [0.5, 0.6) is 0 Å². The second kappa shape index (κ2) is 12.2. The zero-order chi connectivity index (χ0) is 17.1. The summed E-state index contributed by atoms with van der Waals surface area (Å²) in [6.07, 6.45) is 4.51. The molecule has 0 aromatic heterocycles. The molecule has 0 saturated heterocycles. The van der Waals surface area contributed by atoms with E-state index < -0.39 is 17.2 Å². The molecule has 0 bridgehead atoms. The maximum absolute atomic E-state index is 12.0. The number of unbranched alkanes of at least 4 members (excludes halogenated alkanes) is 8. The largest absolute Gasteiger partial charge is 0.480 e. The van der Waals surface area contributed by atoms with Crippen LogP contribution in [0.15, 0.2) is 0 Å². The van der Waals surface area contributed by atoms with Crippen molar-refractivity contribution in [1.82, 2.24) is 0 Å². The number of rotatable bonds is 12. The standard InChI is InChI=1S/C13H22Cl3F3OSSi/c14-22(15,16)11-9-7-5-3-1-2-4-6-8-10-20-12(21)13(17,18)19/h1-11H2. The fourth-order valence-electron chi connectivity index (χ4n) is 1.91. The molecule has 0 rings (SSSR count).